The zero-order valence-corrected chi connectivity index (χ0v) is 17.5. The van der Waals surface area contributed by atoms with Crippen LogP contribution in [0.3, 0.4) is 0 Å². The molecule has 0 bridgehead atoms. The van der Waals surface area contributed by atoms with Gasteiger partial charge in [0, 0.05) is 5.92 Å². The summed E-state index contributed by atoms with van der Waals surface area (Å²) in [5, 5.41) is 35.4. The normalized spacial score (nSPS) is 12.7. The number of hydrogen-bond acceptors (Lipinski definition) is 4. The van der Waals surface area contributed by atoms with Crippen molar-refractivity contribution in [1.82, 2.24) is 0 Å². The van der Waals surface area contributed by atoms with Crippen LogP contribution in [0.25, 0.3) is 0 Å². The predicted octanol–water partition coefficient (Wildman–Crippen LogP) is 4.49. The van der Waals surface area contributed by atoms with Gasteiger partial charge >= 0.3 is 11.9 Å². The van der Waals surface area contributed by atoms with Crippen LogP contribution < -0.4 is 0 Å². The zero-order chi connectivity index (χ0) is 22.9. The summed E-state index contributed by atoms with van der Waals surface area (Å²) in [6, 6.07) is 16.6. The Bertz CT molecular complexity index is 678. The van der Waals surface area contributed by atoms with E-state index in [9.17, 15) is 14.7 Å². The van der Waals surface area contributed by atoms with E-state index in [4.69, 9.17) is 15.3 Å². The molecule has 6 nitrogen and oxygen atoms in total. The number of rotatable bonds is 8. The van der Waals surface area contributed by atoms with Crippen molar-refractivity contribution in [3.05, 3.63) is 84.4 Å². The molecule has 0 saturated heterocycles. The van der Waals surface area contributed by atoms with Crippen LogP contribution in [0.1, 0.15) is 53.8 Å². The second-order valence-electron chi connectivity index (χ2n) is 6.68. The molecule has 3 unspecified atom stereocenters. The molecule has 0 fully saturated rings. The number of aromatic carboxylic acids is 2. The molecule has 30 heavy (non-hydrogen) atoms. The Morgan fingerprint density at radius 3 is 1.53 bits per heavy atom. The van der Waals surface area contributed by atoms with Gasteiger partial charge in [-0.15, -0.1) is 6.58 Å². The number of carbonyl (C=O) groups is 2. The monoisotopic (exact) mass is 416 g/mol. The third kappa shape index (κ3) is 12.5. The van der Waals surface area contributed by atoms with Crippen molar-refractivity contribution in [2.24, 2.45) is 5.92 Å². The lowest BCUT2D eigenvalue weighted by atomic mass is 9.94. The maximum atomic E-state index is 10.2. The second kappa shape index (κ2) is 15.9. The van der Waals surface area contributed by atoms with Gasteiger partial charge in [0.05, 0.1) is 23.3 Å². The summed E-state index contributed by atoms with van der Waals surface area (Å²) in [5.41, 5.74) is 0.662. The Hall–Kier alpha value is -2.96. The molecule has 0 radical (unpaired) electrons. The molecule has 2 aromatic rings. The third-order valence-corrected chi connectivity index (χ3v) is 4.04. The summed E-state index contributed by atoms with van der Waals surface area (Å²) in [6.45, 7) is 7.43. The van der Waals surface area contributed by atoms with Gasteiger partial charge in [-0.25, -0.2) is 9.59 Å². The second-order valence-corrected chi connectivity index (χ2v) is 6.68. The van der Waals surface area contributed by atoms with E-state index >= 15 is 0 Å². The zero-order valence-electron chi connectivity index (χ0n) is 17.5. The minimum atomic E-state index is -0.879. The van der Waals surface area contributed by atoms with Crippen molar-refractivity contribution in [2.45, 2.75) is 45.3 Å². The number of aliphatic hydroxyl groups excluding tert-OH is 2. The van der Waals surface area contributed by atoms with Gasteiger partial charge in [-0.05, 0) is 44.0 Å². The lowest BCUT2D eigenvalue weighted by Crippen LogP contribution is -2.23. The molecule has 0 heterocycles. The van der Waals surface area contributed by atoms with Gasteiger partial charge in [-0.2, -0.15) is 0 Å². The highest BCUT2D eigenvalue weighted by atomic mass is 16.4. The van der Waals surface area contributed by atoms with Gasteiger partial charge in [-0.3, -0.25) is 0 Å². The van der Waals surface area contributed by atoms with Gasteiger partial charge in [-0.1, -0.05) is 55.8 Å². The number of hydrogen-bond donors (Lipinski definition) is 4. The highest BCUT2D eigenvalue weighted by Gasteiger charge is 2.16. The van der Waals surface area contributed by atoms with Crippen molar-refractivity contribution in [3.8, 4) is 0 Å². The van der Waals surface area contributed by atoms with E-state index < -0.39 is 24.1 Å². The SMILES string of the molecule is C=CC(CCC)C(O)CC(C)O.O=C(O)c1ccccc1.O=C(O)c1ccccc1. The molecule has 164 valence electrons. The van der Waals surface area contributed by atoms with E-state index in [1.807, 2.05) is 0 Å². The number of benzene rings is 2. The van der Waals surface area contributed by atoms with E-state index in [2.05, 4.69) is 13.5 Å². The molecule has 3 atom stereocenters. The van der Waals surface area contributed by atoms with E-state index in [1.165, 1.54) is 0 Å². The quantitative estimate of drug-likeness (QED) is 0.471. The van der Waals surface area contributed by atoms with Gasteiger partial charge < -0.3 is 20.4 Å². The van der Waals surface area contributed by atoms with Crippen LogP contribution in [-0.2, 0) is 0 Å². The van der Waals surface area contributed by atoms with Crippen molar-refractivity contribution < 1.29 is 30.0 Å². The van der Waals surface area contributed by atoms with Crippen LogP contribution in [0.5, 0.6) is 0 Å². The average Bonchev–Trinajstić information content (AvgIpc) is 2.73. The smallest absolute Gasteiger partial charge is 0.335 e. The highest BCUT2D eigenvalue weighted by molar-refractivity contribution is 5.87. The van der Waals surface area contributed by atoms with Crippen LogP contribution in [0.4, 0.5) is 0 Å². The first-order valence-electron chi connectivity index (χ1n) is 9.78. The molecule has 0 aliphatic heterocycles. The Balaban J connectivity index is 0.000000426. The first kappa shape index (κ1) is 27.0. The van der Waals surface area contributed by atoms with Gasteiger partial charge in [0.15, 0.2) is 0 Å². The van der Waals surface area contributed by atoms with Gasteiger partial charge in [0.2, 0.25) is 0 Å². The molecule has 4 N–H and O–H groups in total. The lowest BCUT2D eigenvalue weighted by molar-refractivity contribution is 0.0615. The predicted molar refractivity (Wildman–Crippen MR) is 118 cm³/mol. The molecule has 0 amide bonds. The largest absolute Gasteiger partial charge is 0.478 e. The number of aliphatic hydroxyl groups is 2. The molecule has 2 rings (SSSR count). The fraction of sp³-hybridized carbons (Fsp3) is 0.333. The van der Waals surface area contributed by atoms with Gasteiger partial charge in [0.25, 0.3) is 0 Å². The minimum Gasteiger partial charge on any atom is -0.478 e. The summed E-state index contributed by atoms with van der Waals surface area (Å²) in [6.07, 6.45) is 3.32. The van der Waals surface area contributed by atoms with E-state index in [1.54, 1.807) is 73.7 Å². The highest BCUT2D eigenvalue weighted by Crippen LogP contribution is 2.16. The molecule has 0 aromatic heterocycles. The third-order valence-electron chi connectivity index (χ3n) is 4.04. The van der Waals surface area contributed by atoms with E-state index in [-0.39, 0.29) is 5.92 Å². The van der Waals surface area contributed by atoms with Crippen LogP contribution in [-0.4, -0.2) is 44.6 Å². The van der Waals surface area contributed by atoms with Crippen molar-refractivity contribution in [1.29, 1.82) is 0 Å². The molecule has 0 aliphatic rings. The Kier molecular flexibility index (Phi) is 14.3. The topological polar surface area (TPSA) is 115 Å². The fourth-order valence-corrected chi connectivity index (χ4v) is 2.49. The summed E-state index contributed by atoms with van der Waals surface area (Å²) in [7, 11) is 0. The molecular weight excluding hydrogens is 384 g/mol. The first-order valence-corrected chi connectivity index (χ1v) is 9.78. The average molecular weight is 417 g/mol. The van der Waals surface area contributed by atoms with Crippen molar-refractivity contribution in [3.63, 3.8) is 0 Å². The molecule has 6 heteroatoms. The van der Waals surface area contributed by atoms with Crippen molar-refractivity contribution >= 4 is 11.9 Å². The van der Waals surface area contributed by atoms with Crippen LogP contribution >= 0.6 is 0 Å². The van der Waals surface area contributed by atoms with Gasteiger partial charge in [0.1, 0.15) is 0 Å². The molecule has 0 saturated carbocycles. The van der Waals surface area contributed by atoms with E-state index in [0.29, 0.717) is 17.5 Å². The maximum absolute atomic E-state index is 10.2. The first-order chi connectivity index (χ1) is 14.2. The fourth-order valence-electron chi connectivity index (χ4n) is 2.49. The summed E-state index contributed by atoms with van der Waals surface area (Å²) < 4.78 is 0. The van der Waals surface area contributed by atoms with Crippen LogP contribution in [0.15, 0.2) is 73.3 Å². The summed E-state index contributed by atoms with van der Waals surface area (Å²) in [5.74, 6) is -1.63. The maximum Gasteiger partial charge on any atom is 0.335 e. The van der Waals surface area contributed by atoms with Crippen molar-refractivity contribution in [2.75, 3.05) is 0 Å². The molecule has 0 aliphatic carbocycles. The summed E-state index contributed by atoms with van der Waals surface area (Å²) in [4.78, 5) is 20.4. The van der Waals surface area contributed by atoms with Crippen LogP contribution in [0.2, 0.25) is 0 Å². The molecule has 2 aromatic carbocycles. The lowest BCUT2D eigenvalue weighted by Gasteiger charge is -2.19. The summed E-state index contributed by atoms with van der Waals surface area (Å²) >= 11 is 0. The number of carboxylic acids is 2. The minimum absolute atomic E-state index is 0.129. The Morgan fingerprint density at radius 1 is 0.900 bits per heavy atom. The number of carboxylic acid groups (broad SMARTS) is 2. The Labute approximate surface area is 178 Å². The van der Waals surface area contributed by atoms with E-state index in [0.717, 1.165) is 12.8 Å². The Morgan fingerprint density at radius 2 is 1.30 bits per heavy atom. The molecular formula is C24H32O6. The standard InChI is InChI=1S/C10H20O2.2C7H6O2/c1-4-6-9(5-2)10(12)7-8(3)11;2*8-7(9)6-4-2-1-3-5-6/h5,8-12H,2,4,6-7H2,1,3H3;2*1-5H,(H,8,9). The van der Waals surface area contributed by atoms with Crippen LogP contribution in [0, 0.1) is 5.92 Å². The molecule has 0 spiro atoms.